The van der Waals surface area contributed by atoms with Gasteiger partial charge in [0.1, 0.15) is 10.6 Å². The zero-order valence-electron chi connectivity index (χ0n) is 16.9. The summed E-state index contributed by atoms with van der Waals surface area (Å²) in [4.78, 5) is 15.8. The van der Waals surface area contributed by atoms with Crippen molar-refractivity contribution in [2.45, 2.75) is 10.1 Å². The molecule has 0 aliphatic carbocycles. The monoisotopic (exact) mass is 488 g/mol. The topological polar surface area (TPSA) is 92.1 Å². The number of aromatic nitrogens is 2. The quantitative estimate of drug-likeness (QED) is 0.302. The van der Waals surface area contributed by atoms with Crippen LogP contribution in [-0.2, 0) is 14.8 Å². The van der Waals surface area contributed by atoms with Crippen LogP contribution in [0.5, 0.6) is 5.75 Å². The van der Waals surface area contributed by atoms with Gasteiger partial charge in [0.25, 0.3) is 0 Å². The number of nitrogens with zero attached hydrogens (tertiary/aromatic N) is 1. The number of methoxy groups -OCH3 is 1. The van der Waals surface area contributed by atoms with Gasteiger partial charge in [-0.15, -0.1) is 3.97 Å². The minimum Gasteiger partial charge on any atom is -0.495 e. The normalized spacial score (nSPS) is 11.4. The molecule has 0 fully saturated rings. The number of halogens is 1. The molecule has 0 aliphatic rings. The Morgan fingerprint density at radius 3 is 2.53 bits per heavy atom. The highest BCUT2D eigenvalue weighted by Gasteiger charge is 2.31. The standard InChI is InChI=1S/C22H18ClN3O4S2/c1-30-20-12-11-15(13-17(20)23)24-21(27)14-31-22-25-18-9-5-6-10-19(18)26(22)32(28,29)16-7-3-2-4-8-16/h2-13H,14H2,1H3,(H,24,27)/p+1. The van der Waals surface area contributed by atoms with Crippen molar-refractivity contribution in [1.82, 2.24) is 4.98 Å². The summed E-state index contributed by atoms with van der Waals surface area (Å²) in [7, 11) is -2.36. The van der Waals surface area contributed by atoms with Crippen LogP contribution >= 0.6 is 23.4 Å². The molecule has 1 amide bonds. The Labute approximate surface area is 194 Å². The van der Waals surface area contributed by atoms with E-state index in [0.717, 1.165) is 11.8 Å². The van der Waals surface area contributed by atoms with Gasteiger partial charge in [0.05, 0.1) is 17.9 Å². The van der Waals surface area contributed by atoms with Crippen molar-refractivity contribution >= 4 is 56.0 Å². The summed E-state index contributed by atoms with van der Waals surface area (Å²) in [6, 6.07) is 20.2. The molecule has 0 spiro atoms. The van der Waals surface area contributed by atoms with Gasteiger partial charge in [-0.2, -0.15) is 8.42 Å². The molecule has 0 aliphatic heterocycles. The van der Waals surface area contributed by atoms with E-state index in [4.69, 9.17) is 16.3 Å². The van der Waals surface area contributed by atoms with Crippen LogP contribution in [0.4, 0.5) is 5.69 Å². The third-order valence-corrected chi connectivity index (χ3v) is 7.71. The maximum Gasteiger partial charge on any atom is 0.336 e. The first kappa shape index (κ1) is 22.2. The van der Waals surface area contributed by atoms with Crippen molar-refractivity contribution in [3.63, 3.8) is 0 Å². The molecular weight excluding hydrogens is 470 g/mol. The first-order valence-electron chi connectivity index (χ1n) is 9.50. The first-order chi connectivity index (χ1) is 15.4. The number of ether oxygens (including phenoxy) is 1. The third kappa shape index (κ3) is 4.45. The largest absolute Gasteiger partial charge is 0.495 e. The Balaban J connectivity index is 1.60. The number of amides is 1. The van der Waals surface area contributed by atoms with Crippen molar-refractivity contribution in [2.75, 3.05) is 18.2 Å². The number of imidazole rings is 1. The SMILES string of the molecule is COc1ccc(NC(=O)CSc2[nH]c3ccccc3[n+]2S(=O)(=O)c2ccccc2)cc1Cl. The molecule has 0 radical (unpaired) electrons. The molecule has 7 nitrogen and oxygen atoms in total. The molecule has 2 N–H and O–H groups in total. The Kier molecular flexibility index (Phi) is 6.40. The second-order valence-corrected chi connectivity index (χ2v) is 9.87. The summed E-state index contributed by atoms with van der Waals surface area (Å²) >= 11 is 7.20. The Morgan fingerprint density at radius 1 is 1.09 bits per heavy atom. The number of benzene rings is 3. The molecule has 164 valence electrons. The van der Waals surface area contributed by atoms with Gasteiger partial charge in [-0.3, -0.25) is 4.79 Å². The van der Waals surface area contributed by atoms with E-state index in [1.165, 1.54) is 11.1 Å². The van der Waals surface area contributed by atoms with Crippen LogP contribution in [0.2, 0.25) is 5.02 Å². The lowest BCUT2D eigenvalue weighted by Gasteiger charge is -2.07. The molecule has 4 rings (SSSR count). The number of hydrogen-bond donors (Lipinski definition) is 2. The van der Waals surface area contributed by atoms with Crippen LogP contribution in [-0.4, -0.2) is 32.2 Å². The van der Waals surface area contributed by atoms with Crippen LogP contribution in [0.1, 0.15) is 0 Å². The van der Waals surface area contributed by atoms with E-state index >= 15 is 0 Å². The maximum absolute atomic E-state index is 13.4. The number of carbonyl (C=O) groups excluding carboxylic acids is 1. The molecule has 10 heteroatoms. The zero-order chi connectivity index (χ0) is 22.7. The molecular formula is C22H19ClN3O4S2+. The van der Waals surface area contributed by atoms with E-state index in [-0.39, 0.29) is 16.6 Å². The van der Waals surface area contributed by atoms with Crippen LogP contribution < -0.4 is 14.0 Å². The molecule has 0 atom stereocenters. The van der Waals surface area contributed by atoms with Crippen molar-refractivity contribution in [3.8, 4) is 5.75 Å². The molecule has 3 aromatic carbocycles. The summed E-state index contributed by atoms with van der Waals surface area (Å²) < 4.78 is 33.1. The molecule has 32 heavy (non-hydrogen) atoms. The number of H-pyrrole nitrogens is 1. The predicted octanol–water partition coefficient (Wildman–Crippen LogP) is 4.09. The fraction of sp³-hybridized carbons (Fsp3) is 0.0909. The number of para-hydroxylation sites is 2. The van der Waals surface area contributed by atoms with E-state index < -0.39 is 10.0 Å². The molecule has 1 heterocycles. The second-order valence-electron chi connectivity index (χ2n) is 6.72. The Hall–Kier alpha value is -3.01. The Morgan fingerprint density at radius 2 is 1.81 bits per heavy atom. The second kappa shape index (κ2) is 9.23. The van der Waals surface area contributed by atoms with Crippen molar-refractivity contribution in [3.05, 3.63) is 77.8 Å². The zero-order valence-corrected chi connectivity index (χ0v) is 19.3. The van der Waals surface area contributed by atoms with E-state index in [9.17, 15) is 13.2 Å². The summed E-state index contributed by atoms with van der Waals surface area (Å²) in [5.41, 5.74) is 1.67. The lowest BCUT2D eigenvalue weighted by atomic mass is 10.3. The minimum absolute atomic E-state index is 0.0131. The average molecular weight is 489 g/mol. The highest BCUT2D eigenvalue weighted by molar-refractivity contribution is 8.00. The molecule has 1 aromatic heterocycles. The molecule has 0 bridgehead atoms. The highest BCUT2D eigenvalue weighted by atomic mass is 35.5. The van der Waals surface area contributed by atoms with Gasteiger partial charge in [-0.1, -0.05) is 41.9 Å². The number of anilines is 1. The van der Waals surface area contributed by atoms with E-state index in [0.29, 0.717) is 32.6 Å². The van der Waals surface area contributed by atoms with Crippen molar-refractivity contribution in [2.24, 2.45) is 0 Å². The van der Waals surface area contributed by atoms with E-state index in [2.05, 4.69) is 10.3 Å². The van der Waals surface area contributed by atoms with Gasteiger partial charge in [0.2, 0.25) is 5.91 Å². The minimum atomic E-state index is -3.87. The van der Waals surface area contributed by atoms with Crippen LogP contribution in [0.15, 0.2) is 82.8 Å². The van der Waals surface area contributed by atoms with Gasteiger partial charge in [-0.05, 0) is 54.2 Å². The van der Waals surface area contributed by atoms with Gasteiger partial charge < -0.3 is 10.1 Å². The number of aromatic amines is 1. The average Bonchev–Trinajstić information content (AvgIpc) is 3.18. The number of fused-ring (bicyclic) bond motifs is 1. The lowest BCUT2D eigenvalue weighted by molar-refractivity contribution is -0.526. The number of nitrogens with one attached hydrogen (secondary N) is 2. The summed E-state index contributed by atoms with van der Waals surface area (Å²) in [5, 5.41) is 3.46. The smallest absolute Gasteiger partial charge is 0.336 e. The predicted molar refractivity (Wildman–Crippen MR) is 125 cm³/mol. The number of thioether (sulfide) groups is 1. The lowest BCUT2D eigenvalue weighted by Crippen LogP contribution is -2.44. The highest BCUT2D eigenvalue weighted by Crippen LogP contribution is 2.27. The number of rotatable bonds is 7. The number of hydrogen-bond acceptors (Lipinski definition) is 5. The molecule has 0 saturated carbocycles. The maximum atomic E-state index is 13.4. The Bertz CT molecular complexity index is 1390. The molecule has 0 unspecified atom stereocenters. The van der Waals surface area contributed by atoms with Gasteiger partial charge >= 0.3 is 15.2 Å². The summed E-state index contributed by atoms with van der Waals surface area (Å²) in [6.07, 6.45) is 0. The fourth-order valence-electron chi connectivity index (χ4n) is 3.14. The van der Waals surface area contributed by atoms with Crippen LogP contribution in [0.25, 0.3) is 11.0 Å². The third-order valence-electron chi connectivity index (χ3n) is 4.61. The summed E-state index contributed by atoms with van der Waals surface area (Å²) in [5.74, 6) is 0.184. The van der Waals surface area contributed by atoms with E-state index in [1.54, 1.807) is 66.7 Å². The number of carbonyl (C=O) groups is 1. The van der Waals surface area contributed by atoms with Crippen molar-refractivity contribution in [1.29, 1.82) is 0 Å². The van der Waals surface area contributed by atoms with Crippen molar-refractivity contribution < 1.29 is 21.9 Å². The van der Waals surface area contributed by atoms with Crippen LogP contribution in [0, 0.1) is 0 Å². The summed E-state index contributed by atoms with van der Waals surface area (Å²) in [6.45, 7) is 0. The van der Waals surface area contributed by atoms with Gasteiger partial charge in [0.15, 0.2) is 11.0 Å². The molecule has 0 saturated heterocycles. The van der Waals surface area contributed by atoms with E-state index in [1.807, 2.05) is 6.07 Å². The van der Waals surface area contributed by atoms with Gasteiger partial charge in [0, 0.05) is 5.69 Å². The first-order valence-corrected chi connectivity index (χ1v) is 12.3. The molecule has 4 aromatic rings. The van der Waals surface area contributed by atoms with Gasteiger partial charge in [-0.25, -0.2) is 4.98 Å². The van der Waals surface area contributed by atoms with Crippen LogP contribution in [0.3, 0.4) is 0 Å². The fourth-order valence-corrected chi connectivity index (χ4v) is 5.98.